The SMILES string of the molecule is CN=C(NCCC1CCN(CC(F)(F)F)CC1)NCC(C)N1CCOCC1C. The van der Waals surface area contributed by atoms with Crippen molar-refractivity contribution in [3.63, 3.8) is 0 Å². The number of nitrogens with one attached hydrogen (secondary N) is 2. The van der Waals surface area contributed by atoms with E-state index in [1.165, 1.54) is 4.90 Å². The summed E-state index contributed by atoms with van der Waals surface area (Å²) in [5.41, 5.74) is 0. The summed E-state index contributed by atoms with van der Waals surface area (Å²) < 4.78 is 42.9. The summed E-state index contributed by atoms with van der Waals surface area (Å²) in [5.74, 6) is 1.26. The lowest BCUT2D eigenvalue weighted by molar-refractivity contribution is -0.148. The molecular weight excluding hydrogens is 371 g/mol. The van der Waals surface area contributed by atoms with Gasteiger partial charge in [-0.3, -0.25) is 14.8 Å². The van der Waals surface area contributed by atoms with Crippen molar-refractivity contribution in [2.45, 2.75) is 51.4 Å². The quantitative estimate of drug-likeness (QED) is 0.499. The maximum absolute atomic E-state index is 12.5. The second-order valence-corrected chi connectivity index (χ2v) is 8.01. The van der Waals surface area contributed by atoms with Crippen molar-refractivity contribution >= 4 is 5.96 Å². The lowest BCUT2D eigenvalue weighted by Gasteiger charge is -2.38. The fourth-order valence-corrected chi connectivity index (χ4v) is 4.06. The molecule has 2 N–H and O–H groups in total. The van der Waals surface area contributed by atoms with E-state index >= 15 is 0 Å². The van der Waals surface area contributed by atoms with Crippen molar-refractivity contribution in [1.82, 2.24) is 20.4 Å². The summed E-state index contributed by atoms with van der Waals surface area (Å²) in [6.45, 7) is 8.77. The zero-order valence-electron chi connectivity index (χ0n) is 17.4. The minimum absolute atomic E-state index is 0.385. The van der Waals surface area contributed by atoms with Gasteiger partial charge in [0.2, 0.25) is 0 Å². The number of rotatable bonds is 7. The smallest absolute Gasteiger partial charge is 0.379 e. The number of guanidine groups is 1. The van der Waals surface area contributed by atoms with E-state index in [-0.39, 0.29) is 0 Å². The van der Waals surface area contributed by atoms with Gasteiger partial charge >= 0.3 is 6.18 Å². The maximum Gasteiger partial charge on any atom is 0.401 e. The molecule has 0 bridgehead atoms. The molecule has 0 radical (unpaired) electrons. The molecule has 28 heavy (non-hydrogen) atoms. The predicted octanol–water partition coefficient (Wildman–Crippen LogP) is 1.93. The Kier molecular flexibility index (Phi) is 9.30. The topological polar surface area (TPSA) is 52.1 Å². The molecule has 2 unspecified atom stereocenters. The average Bonchev–Trinajstić information content (AvgIpc) is 2.64. The van der Waals surface area contributed by atoms with Crippen LogP contribution in [-0.2, 0) is 4.74 Å². The molecule has 2 heterocycles. The molecule has 2 fully saturated rings. The van der Waals surface area contributed by atoms with Crippen LogP contribution in [0.2, 0.25) is 0 Å². The Morgan fingerprint density at radius 2 is 1.93 bits per heavy atom. The van der Waals surface area contributed by atoms with E-state index < -0.39 is 12.7 Å². The third-order valence-electron chi connectivity index (χ3n) is 5.73. The third kappa shape index (κ3) is 8.13. The van der Waals surface area contributed by atoms with E-state index in [1.54, 1.807) is 7.05 Å². The summed E-state index contributed by atoms with van der Waals surface area (Å²) >= 11 is 0. The van der Waals surface area contributed by atoms with E-state index in [9.17, 15) is 13.2 Å². The summed E-state index contributed by atoms with van der Waals surface area (Å²) in [7, 11) is 1.76. The van der Waals surface area contributed by atoms with Gasteiger partial charge in [-0.05, 0) is 52.1 Å². The fraction of sp³-hybridized carbons (Fsp3) is 0.947. The lowest BCUT2D eigenvalue weighted by atomic mass is 9.93. The van der Waals surface area contributed by atoms with Crippen LogP contribution in [-0.4, -0.2) is 93.5 Å². The number of morpholine rings is 1. The van der Waals surface area contributed by atoms with E-state index in [0.29, 0.717) is 31.1 Å². The number of likely N-dealkylation sites (tertiary alicyclic amines) is 1. The maximum atomic E-state index is 12.5. The molecule has 2 rings (SSSR count). The number of nitrogens with zero attached hydrogens (tertiary/aromatic N) is 3. The van der Waals surface area contributed by atoms with Crippen LogP contribution in [0.15, 0.2) is 4.99 Å². The van der Waals surface area contributed by atoms with Gasteiger partial charge in [-0.2, -0.15) is 13.2 Å². The predicted molar refractivity (Wildman–Crippen MR) is 106 cm³/mol. The van der Waals surface area contributed by atoms with Crippen molar-refractivity contribution in [3.05, 3.63) is 0 Å². The summed E-state index contributed by atoms with van der Waals surface area (Å²) in [6, 6.07) is 0.805. The van der Waals surface area contributed by atoms with Crippen LogP contribution >= 0.6 is 0 Å². The minimum Gasteiger partial charge on any atom is -0.379 e. The molecule has 0 aliphatic carbocycles. The average molecular weight is 408 g/mol. The van der Waals surface area contributed by atoms with Crippen LogP contribution in [0.3, 0.4) is 0 Å². The minimum atomic E-state index is -4.09. The second-order valence-electron chi connectivity index (χ2n) is 8.01. The number of ether oxygens (including phenoxy) is 1. The molecule has 0 amide bonds. The molecule has 164 valence electrons. The van der Waals surface area contributed by atoms with Gasteiger partial charge in [-0.25, -0.2) is 0 Å². The van der Waals surface area contributed by atoms with Gasteiger partial charge in [0.15, 0.2) is 5.96 Å². The highest BCUT2D eigenvalue weighted by Gasteiger charge is 2.32. The molecule has 2 aliphatic rings. The molecule has 9 heteroatoms. The molecule has 2 saturated heterocycles. The Morgan fingerprint density at radius 3 is 2.54 bits per heavy atom. The van der Waals surface area contributed by atoms with Gasteiger partial charge in [-0.15, -0.1) is 0 Å². The third-order valence-corrected chi connectivity index (χ3v) is 5.73. The van der Waals surface area contributed by atoms with Gasteiger partial charge in [0.1, 0.15) is 0 Å². The summed E-state index contributed by atoms with van der Waals surface area (Å²) in [6.07, 6.45) is -1.48. The zero-order valence-corrected chi connectivity index (χ0v) is 17.4. The molecule has 0 aromatic carbocycles. The number of hydrogen-bond donors (Lipinski definition) is 2. The van der Waals surface area contributed by atoms with Gasteiger partial charge in [0.25, 0.3) is 0 Å². The van der Waals surface area contributed by atoms with Crippen LogP contribution in [0, 0.1) is 5.92 Å². The number of aliphatic imine (C=N–C) groups is 1. The molecular formula is C19H36F3N5O. The van der Waals surface area contributed by atoms with E-state index in [2.05, 4.69) is 34.4 Å². The molecule has 0 aromatic heterocycles. The van der Waals surface area contributed by atoms with Gasteiger partial charge in [0.05, 0.1) is 19.8 Å². The Labute approximate surface area is 166 Å². The van der Waals surface area contributed by atoms with E-state index in [1.807, 2.05) is 0 Å². The molecule has 0 aromatic rings. The zero-order chi connectivity index (χ0) is 20.6. The monoisotopic (exact) mass is 407 g/mol. The van der Waals surface area contributed by atoms with Crippen LogP contribution < -0.4 is 10.6 Å². The Morgan fingerprint density at radius 1 is 1.21 bits per heavy atom. The van der Waals surface area contributed by atoms with Crippen LogP contribution in [0.25, 0.3) is 0 Å². The van der Waals surface area contributed by atoms with Crippen LogP contribution in [0.1, 0.15) is 33.1 Å². The fourth-order valence-electron chi connectivity index (χ4n) is 4.06. The Bertz CT molecular complexity index is 481. The second kappa shape index (κ2) is 11.2. The number of hydrogen-bond acceptors (Lipinski definition) is 4. The van der Waals surface area contributed by atoms with Crippen molar-refractivity contribution in [3.8, 4) is 0 Å². The highest BCUT2D eigenvalue weighted by Crippen LogP contribution is 2.23. The molecule has 6 nitrogen and oxygen atoms in total. The van der Waals surface area contributed by atoms with Crippen LogP contribution in [0.5, 0.6) is 0 Å². The van der Waals surface area contributed by atoms with Crippen molar-refractivity contribution in [1.29, 1.82) is 0 Å². The van der Waals surface area contributed by atoms with Crippen molar-refractivity contribution in [2.75, 3.05) is 59.5 Å². The first-order chi connectivity index (χ1) is 13.3. The first kappa shape index (κ1) is 23.2. The van der Waals surface area contributed by atoms with Gasteiger partial charge < -0.3 is 15.4 Å². The largest absolute Gasteiger partial charge is 0.401 e. The molecule has 2 aliphatic heterocycles. The van der Waals surface area contributed by atoms with E-state index in [0.717, 1.165) is 58.1 Å². The van der Waals surface area contributed by atoms with Crippen molar-refractivity contribution < 1.29 is 17.9 Å². The highest BCUT2D eigenvalue weighted by atomic mass is 19.4. The standard InChI is InChI=1S/C19H36F3N5O/c1-15(27-10-11-28-13-16(27)2)12-25-18(23-3)24-7-4-17-5-8-26(9-6-17)14-19(20,21)22/h15-17H,4-14H2,1-3H3,(H2,23,24,25). The first-order valence-electron chi connectivity index (χ1n) is 10.4. The highest BCUT2D eigenvalue weighted by molar-refractivity contribution is 5.79. The van der Waals surface area contributed by atoms with Gasteiger partial charge in [-0.1, -0.05) is 0 Å². The first-order valence-corrected chi connectivity index (χ1v) is 10.4. The van der Waals surface area contributed by atoms with Crippen molar-refractivity contribution in [2.24, 2.45) is 10.9 Å². The summed E-state index contributed by atoms with van der Waals surface area (Å²) in [5, 5.41) is 6.72. The Hall–Kier alpha value is -1.06. The number of halogens is 3. The Balaban J connectivity index is 1.61. The van der Waals surface area contributed by atoms with E-state index in [4.69, 9.17) is 4.74 Å². The van der Waals surface area contributed by atoms with Crippen LogP contribution in [0.4, 0.5) is 13.2 Å². The molecule has 2 atom stereocenters. The number of piperidine rings is 1. The molecule has 0 saturated carbocycles. The lowest BCUT2D eigenvalue weighted by Crippen LogP contribution is -2.53. The molecule has 0 spiro atoms. The summed E-state index contributed by atoms with van der Waals surface area (Å²) in [4.78, 5) is 8.23. The normalized spacial score (nSPS) is 24.9. The van der Waals surface area contributed by atoms with Gasteiger partial charge in [0, 0.05) is 38.8 Å². The number of alkyl halides is 3.